The number of hydrogen-bond donors (Lipinski definition) is 1. The largest absolute Gasteiger partial charge is 0.416 e. The molecule has 0 saturated carbocycles. The molecule has 1 fully saturated rings. The lowest BCUT2D eigenvalue weighted by Crippen LogP contribution is -2.63. The van der Waals surface area contributed by atoms with E-state index in [0.29, 0.717) is 38.1 Å². The van der Waals surface area contributed by atoms with Crippen LogP contribution in [0.15, 0.2) is 78.9 Å². The van der Waals surface area contributed by atoms with Crippen LogP contribution in [-0.4, -0.2) is 29.5 Å². The van der Waals surface area contributed by atoms with Gasteiger partial charge in [0.25, 0.3) is 0 Å². The first-order valence-corrected chi connectivity index (χ1v) is 13.2. The Labute approximate surface area is 235 Å². The number of piperidine rings is 1. The summed E-state index contributed by atoms with van der Waals surface area (Å²) >= 11 is 0. The van der Waals surface area contributed by atoms with E-state index in [2.05, 4.69) is 10.2 Å². The summed E-state index contributed by atoms with van der Waals surface area (Å²) in [5, 5.41) is 3.05. The van der Waals surface area contributed by atoms with E-state index in [4.69, 9.17) is 4.74 Å². The van der Waals surface area contributed by atoms with Gasteiger partial charge in [-0.2, -0.15) is 26.3 Å². The molecule has 0 aromatic heterocycles. The summed E-state index contributed by atoms with van der Waals surface area (Å²) in [6.45, 7) is 3.92. The first-order valence-electron chi connectivity index (χ1n) is 13.2. The lowest BCUT2D eigenvalue weighted by atomic mass is 9.75. The van der Waals surface area contributed by atoms with Gasteiger partial charge >= 0.3 is 12.4 Å². The Morgan fingerprint density at radius 2 is 1.41 bits per heavy atom. The number of carbonyl (C=O) groups excluding carboxylic acids is 1. The summed E-state index contributed by atoms with van der Waals surface area (Å²) in [7, 11) is 0. The highest BCUT2D eigenvalue weighted by molar-refractivity contribution is 5.73. The van der Waals surface area contributed by atoms with Crippen LogP contribution in [0.25, 0.3) is 0 Å². The summed E-state index contributed by atoms with van der Waals surface area (Å²) in [5.74, 6) is -0.166. The average Bonchev–Trinajstić information content (AvgIpc) is 2.89. The van der Waals surface area contributed by atoms with Gasteiger partial charge in [-0.25, -0.2) is 0 Å². The molecule has 3 aromatic rings. The Bertz CT molecular complexity index is 1300. The summed E-state index contributed by atoms with van der Waals surface area (Å²) < 4.78 is 86.5. The van der Waals surface area contributed by atoms with Crippen LogP contribution in [0.1, 0.15) is 54.5 Å². The molecule has 1 heterocycles. The molecular weight excluding hydrogens is 546 g/mol. The summed E-state index contributed by atoms with van der Waals surface area (Å²) in [4.78, 5) is 14.2. The normalized spacial score (nSPS) is 22.0. The second kappa shape index (κ2) is 11.9. The second-order valence-electron chi connectivity index (χ2n) is 10.9. The Kier molecular flexibility index (Phi) is 8.84. The van der Waals surface area contributed by atoms with Crippen molar-refractivity contribution in [2.45, 2.75) is 63.3 Å². The number of alkyl halides is 6. The van der Waals surface area contributed by atoms with E-state index in [0.717, 1.165) is 11.1 Å². The van der Waals surface area contributed by atoms with Crippen molar-refractivity contribution in [1.29, 1.82) is 0 Å². The van der Waals surface area contributed by atoms with Crippen LogP contribution < -0.4 is 5.32 Å². The molecule has 220 valence electrons. The molecule has 0 unspecified atom stereocenters. The number of benzene rings is 3. The van der Waals surface area contributed by atoms with Crippen LogP contribution in [0.4, 0.5) is 26.3 Å². The zero-order valence-corrected chi connectivity index (χ0v) is 22.8. The zero-order chi connectivity index (χ0) is 29.9. The smallest absolute Gasteiger partial charge is 0.374 e. The van der Waals surface area contributed by atoms with Gasteiger partial charge in [0, 0.05) is 25.6 Å². The van der Waals surface area contributed by atoms with Crippen LogP contribution in [0, 0.1) is 0 Å². The molecule has 3 aromatic carbocycles. The molecule has 2 atom stereocenters. The lowest BCUT2D eigenvalue weighted by Gasteiger charge is -2.53. The van der Waals surface area contributed by atoms with E-state index in [9.17, 15) is 31.1 Å². The molecular formula is C31H32F6N2O2. The zero-order valence-electron chi connectivity index (χ0n) is 22.8. The van der Waals surface area contributed by atoms with Crippen molar-refractivity contribution in [1.82, 2.24) is 10.2 Å². The molecule has 1 N–H and O–H groups in total. The van der Waals surface area contributed by atoms with E-state index in [1.807, 2.05) is 67.6 Å². The number of hydrogen-bond acceptors (Lipinski definition) is 3. The number of rotatable bonds is 8. The van der Waals surface area contributed by atoms with Gasteiger partial charge in [-0.1, -0.05) is 60.7 Å². The van der Waals surface area contributed by atoms with Gasteiger partial charge in [-0.3, -0.25) is 9.69 Å². The van der Waals surface area contributed by atoms with Gasteiger partial charge in [0.2, 0.25) is 5.91 Å². The highest BCUT2D eigenvalue weighted by Gasteiger charge is 2.47. The van der Waals surface area contributed by atoms with Crippen molar-refractivity contribution in [3.63, 3.8) is 0 Å². The summed E-state index contributed by atoms with van der Waals surface area (Å²) in [6.07, 6.45) is -8.77. The minimum atomic E-state index is -4.94. The number of nitrogens with zero attached hydrogens (tertiary/aromatic N) is 1. The van der Waals surface area contributed by atoms with Crippen molar-refractivity contribution in [2.75, 3.05) is 13.2 Å². The quantitative estimate of drug-likeness (QED) is 0.285. The van der Waals surface area contributed by atoms with Crippen molar-refractivity contribution in [3.8, 4) is 0 Å². The molecule has 1 aliphatic rings. The minimum absolute atomic E-state index is 0.0115. The number of likely N-dealkylation sites (tertiary alicyclic amines) is 1. The Morgan fingerprint density at radius 3 is 1.95 bits per heavy atom. The van der Waals surface area contributed by atoms with Gasteiger partial charge < -0.3 is 10.1 Å². The highest BCUT2D eigenvalue weighted by atomic mass is 19.4. The van der Waals surface area contributed by atoms with Gasteiger partial charge in [0.05, 0.1) is 29.9 Å². The molecule has 10 heteroatoms. The van der Waals surface area contributed by atoms with Gasteiger partial charge in [0.15, 0.2) is 0 Å². The number of carbonyl (C=O) groups is 1. The van der Waals surface area contributed by atoms with Crippen LogP contribution in [-0.2, 0) is 40.6 Å². The number of ether oxygens (including phenoxy) is 1. The highest BCUT2D eigenvalue weighted by Crippen LogP contribution is 2.43. The molecule has 1 amide bonds. The molecule has 1 aliphatic heterocycles. The Morgan fingerprint density at radius 1 is 0.854 bits per heavy atom. The fraction of sp³-hybridized carbons (Fsp3) is 0.387. The van der Waals surface area contributed by atoms with Crippen molar-refractivity contribution < 1.29 is 35.9 Å². The number of halogens is 6. The summed E-state index contributed by atoms with van der Waals surface area (Å²) in [6, 6.07) is 20.7. The van der Waals surface area contributed by atoms with Crippen LogP contribution in [0.3, 0.4) is 0 Å². The molecule has 4 rings (SSSR count). The van der Waals surface area contributed by atoms with Crippen molar-refractivity contribution >= 4 is 5.91 Å². The maximum absolute atomic E-state index is 13.4. The number of nitrogens with one attached hydrogen (secondary N) is 1. The first-order chi connectivity index (χ1) is 19.2. The molecule has 0 spiro atoms. The first kappa shape index (κ1) is 30.6. The molecule has 41 heavy (non-hydrogen) atoms. The van der Waals surface area contributed by atoms with Gasteiger partial charge in [0.1, 0.15) is 0 Å². The monoisotopic (exact) mass is 578 g/mol. The second-order valence-corrected chi connectivity index (χ2v) is 10.9. The van der Waals surface area contributed by atoms with Crippen molar-refractivity contribution in [2.24, 2.45) is 0 Å². The fourth-order valence-electron chi connectivity index (χ4n) is 5.59. The maximum atomic E-state index is 13.4. The topological polar surface area (TPSA) is 41.6 Å². The van der Waals surface area contributed by atoms with E-state index in [-0.39, 0.29) is 24.1 Å². The molecule has 0 bridgehead atoms. The lowest BCUT2D eigenvalue weighted by molar-refractivity contribution is -0.143. The molecule has 0 aliphatic carbocycles. The molecule has 4 nitrogen and oxygen atoms in total. The minimum Gasteiger partial charge on any atom is -0.374 e. The van der Waals surface area contributed by atoms with Crippen LogP contribution in [0.5, 0.6) is 0 Å². The standard InChI is InChI=1S/C31H32F6N2O2/c1-22(40)38-28(2)13-14-29(25-11-7-4-8-12-25,39(20-28)18-23-9-5-3-6-10-23)21-41-19-24-15-26(30(32,33)34)17-27(16-24)31(35,36)37/h3-12,15-17H,13-14,18-21H2,1-2H3,(H,38,40)/t28-,29-/m1/s1. The fourth-order valence-corrected chi connectivity index (χ4v) is 5.59. The van der Waals surface area contributed by atoms with Gasteiger partial charge in [-0.15, -0.1) is 0 Å². The predicted molar refractivity (Wildman–Crippen MR) is 143 cm³/mol. The predicted octanol–water partition coefficient (Wildman–Crippen LogP) is 7.33. The van der Waals surface area contributed by atoms with Crippen molar-refractivity contribution in [3.05, 3.63) is 107 Å². The summed E-state index contributed by atoms with van der Waals surface area (Å²) in [5.41, 5.74) is -2.38. The Hall–Kier alpha value is -3.37. The number of amides is 1. The van der Waals surface area contributed by atoms with E-state index in [1.165, 1.54) is 6.92 Å². The third kappa shape index (κ3) is 7.48. The average molecular weight is 579 g/mol. The SMILES string of the molecule is CC(=O)N[C@]1(C)CC[C@@](COCc2cc(C(F)(F)F)cc(C(F)(F)F)c2)(c2ccccc2)N(Cc2ccccc2)C1. The van der Waals surface area contributed by atoms with E-state index >= 15 is 0 Å². The molecule has 0 radical (unpaired) electrons. The third-order valence-electron chi connectivity index (χ3n) is 7.50. The maximum Gasteiger partial charge on any atom is 0.416 e. The van der Waals surface area contributed by atoms with Crippen LogP contribution >= 0.6 is 0 Å². The Balaban J connectivity index is 1.69. The third-order valence-corrected chi connectivity index (χ3v) is 7.50. The van der Waals surface area contributed by atoms with Crippen LogP contribution in [0.2, 0.25) is 0 Å². The van der Waals surface area contributed by atoms with E-state index < -0.39 is 41.2 Å². The van der Waals surface area contributed by atoms with Gasteiger partial charge in [-0.05, 0) is 54.7 Å². The molecule has 1 saturated heterocycles. The van der Waals surface area contributed by atoms with E-state index in [1.54, 1.807) is 0 Å².